The molecule has 7 nitrogen and oxygen atoms in total. The van der Waals surface area contributed by atoms with Crippen molar-refractivity contribution in [3.63, 3.8) is 0 Å². The monoisotopic (exact) mass is 464 g/mol. The average molecular weight is 465 g/mol. The van der Waals surface area contributed by atoms with Crippen LogP contribution in [-0.2, 0) is 14.3 Å². The van der Waals surface area contributed by atoms with Gasteiger partial charge in [-0.05, 0) is 48.4 Å². The number of rotatable bonds is 6. The van der Waals surface area contributed by atoms with Gasteiger partial charge in [0.25, 0.3) is 0 Å². The van der Waals surface area contributed by atoms with E-state index >= 15 is 0 Å². The molecule has 0 aromatic heterocycles. The van der Waals surface area contributed by atoms with Gasteiger partial charge in [0.05, 0.1) is 5.41 Å². The number of ether oxygens (including phenoxy) is 1. The Balaban J connectivity index is 1.41. The Morgan fingerprint density at radius 1 is 1.09 bits per heavy atom. The van der Waals surface area contributed by atoms with Crippen molar-refractivity contribution in [2.24, 2.45) is 11.3 Å². The Hall–Kier alpha value is -3.35. The lowest BCUT2D eigenvalue weighted by molar-refractivity contribution is -0.151. The van der Waals surface area contributed by atoms with Crippen LogP contribution < -0.4 is 5.32 Å². The molecule has 1 aliphatic carbocycles. The van der Waals surface area contributed by atoms with Crippen LogP contribution in [0.25, 0.3) is 11.1 Å². The molecule has 0 saturated carbocycles. The van der Waals surface area contributed by atoms with Crippen LogP contribution in [0.15, 0.2) is 48.5 Å². The molecule has 7 heteroatoms. The molecule has 2 aromatic rings. The smallest absolute Gasteiger partial charge is 0.408 e. The zero-order valence-corrected chi connectivity index (χ0v) is 20.1. The van der Waals surface area contributed by atoms with E-state index in [0.717, 1.165) is 22.3 Å². The van der Waals surface area contributed by atoms with Crippen molar-refractivity contribution < 1.29 is 24.2 Å². The predicted molar refractivity (Wildman–Crippen MR) is 128 cm³/mol. The summed E-state index contributed by atoms with van der Waals surface area (Å²) in [7, 11) is 0. The second-order valence-electron chi connectivity index (χ2n) is 10.2. The van der Waals surface area contributed by atoms with Crippen LogP contribution >= 0.6 is 0 Å². The number of aliphatic carboxylic acids is 1. The minimum absolute atomic E-state index is 0.0715. The fourth-order valence-electron chi connectivity index (χ4n) is 5.24. The summed E-state index contributed by atoms with van der Waals surface area (Å²) in [6.07, 6.45) is -0.278. The third-order valence-corrected chi connectivity index (χ3v) is 7.41. The highest BCUT2D eigenvalue weighted by Gasteiger charge is 2.50. The summed E-state index contributed by atoms with van der Waals surface area (Å²) in [6, 6.07) is 16.2. The number of hydrogen-bond acceptors (Lipinski definition) is 4. The van der Waals surface area contributed by atoms with E-state index in [9.17, 15) is 19.5 Å². The second kappa shape index (κ2) is 8.78. The zero-order chi connectivity index (χ0) is 24.7. The summed E-state index contributed by atoms with van der Waals surface area (Å²) < 4.78 is 5.59. The highest BCUT2D eigenvalue weighted by atomic mass is 16.5. The number of hydrogen-bond donors (Lipinski definition) is 2. The zero-order valence-electron chi connectivity index (χ0n) is 20.1. The summed E-state index contributed by atoms with van der Waals surface area (Å²) in [5.74, 6) is -1.39. The highest BCUT2D eigenvalue weighted by molar-refractivity contribution is 5.90. The first-order valence-electron chi connectivity index (χ1n) is 11.7. The summed E-state index contributed by atoms with van der Waals surface area (Å²) in [5.41, 5.74) is 2.32. The van der Waals surface area contributed by atoms with E-state index in [2.05, 4.69) is 17.4 Å². The van der Waals surface area contributed by atoms with Gasteiger partial charge in [-0.3, -0.25) is 9.59 Å². The molecule has 1 unspecified atom stereocenters. The van der Waals surface area contributed by atoms with Gasteiger partial charge in [0, 0.05) is 19.0 Å². The molecule has 0 spiro atoms. The molecular formula is C27H32N2O5. The fourth-order valence-corrected chi connectivity index (χ4v) is 5.24. The third-order valence-electron chi connectivity index (χ3n) is 7.41. The van der Waals surface area contributed by atoms with Crippen molar-refractivity contribution in [3.05, 3.63) is 59.7 Å². The largest absolute Gasteiger partial charge is 0.481 e. The molecule has 0 radical (unpaired) electrons. The molecule has 2 aromatic carbocycles. The Morgan fingerprint density at radius 2 is 1.65 bits per heavy atom. The molecule has 1 heterocycles. The second-order valence-corrected chi connectivity index (χ2v) is 10.2. The molecule has 1 aliphatic heterocycles. The lowest BCUT2D eigenvalue weighted by Gasteiger charge is -2.32. The normalized spacial score (nSPS) is 19.6. The van der Waals surface area contributed by atoms with Crippen molar-refractivity contribution in [2.45, 2.75) is 45.6 Å². The van der Waals surface area contributed by atoms with Crippen molar-refractivity contribution in [2.75, 3.05) is 19.7 Å². The summed E-state index contributed by atoms with van der Waals surface area (Å²) >= 11 is 0. The van der Waals surface area contributed by atoms with Gasteiger partial charge < -0.3 is 20.1 Å². The highest BCUT2D eigenvalue weighted by Crippen LogP contribution is 2.44. The number of nitrogens with zero attached hydrogens (tertiary/aromatic N) is 1. The van der Waals surface area contributed by atoms with Gasteiger partial charge in [0.15, 0.2) is 0 Å². The molecular weight excluding hydrogens is 432 g/mol. The van der Waals surface area contributed by atoms with Gasteiger partial charge in [0.1, 0.15) is 12.1 Å². The van der Waals surface area contributed by atoms with Gasteiger partial charge in [-0.15, -0.1) is 0 Å². The van der Waals surface area contributed by atoms with E-state index in [4.69, 9.17) is 4.74 Å². The summed E-state index contributed by atoms with van der Waals surface area (Å²) in [6.45, 7) is 7.60. The van der Waals surface area contributed by atoms with Gasteiger partial charge in [0.2, 0.25) is 5.91 Å². The number of amides is 2. The quantitative estimate of drug-likeness (QED) is 0.666. The number of carbonyl (C=O) groups excluding carboxylic acids is 2. The fraction of sp³-hybridized carbons (Fsp3) is 0.444. The molecule has 180 valence electrons. The van der Waals surface area contributed by atoms with Gasteiger partial charge in [-0.25, -0.2) is 4.79 Å². The topological polar surface area (TPSA) is 95.9 Å². The number of benzene rings is 2. The molecule has 4 rings (SSSR count). The molecule has 1 saturated heterocycles. The maximum Gasteiger partial charge on any atom is 0.408 e. The summed E-state index contributed by atoms with van der Waals surface area (Å²) in [5, 5.41) is 12.5. The van der Waals surface area contributed by atoms with Crippen molar-refractivity contribution >= 4 is 18.0 Å². The number of carbonyl (C=O) groups is 3. The van der Waals surface area contributed by atoms with E-state index < -0.39 is 23.0 Å². The Labute approximate surface area is 200 Å². The van der Waals surface area contributed by atoms with Gasteiger partial charge in [-0.2, -0.15) is 0 Å². The van der Waals surface area contributed by atoms with Crippen molar-refractivity contribution in [1.82, 2.24) is 10.2 Å². The molecule has 2 N–H and O–H groups in total. The maximum atomic E-state index is 13.2. The lowest BCUT2D eigenvalue weighted by atomic mass is 9.76. The first-order valence-corrected chi connectivity index (χ1v) is 11.7. The minimum Gasteiger partial charge on any atom is -0.481 e. The minimum atomic E-state index is -1.23. The van der Waals surface area contributed by atoms with Crippen LogP contribution in [0, 0.1) is 11.3 Å². The molecule has 2 aliphatic rings. The van der Waals surface area contributed by atoms with E-state index in [0.29, 0.717) is 13.0 Å². The van der Waals surface area contributed by atoms with Crippen LogP contribution in [0.5, 0.6) is 0 Å². The Bertz CT molecular complexity index is 1080. The van der Waals surface area contributed by atoms with Crippen LogP contribution in [0.3, 0.4) is 0 Å². The summed E-state index contributed by atoms with van der Waals surface area (Å²) in [4.78, 5) is 39.3. The Morgan fingerprint density at radius 3 is 2.15 bits per heavy atom. The molecule has 34 heavy (non-hydrogen) atoms. The van der Waals surface area contributed by atoms with E-state index in [1.165, 1.54) is 4.90 Å². The van der Waals surface area contributed by atoms with E-state index in [1.807, 2.05) is 50.2 Å². The Kier molecular flexibility index (Phi) is 6.14. The SMILES string of the molecule is CC(C)C1(C(=O)O)CCN(C(=O)C(C)(C)NC(=O)OCC2c3ccccc3-c3ccccc32)C1. The molecule has 2 amide bonds. The lowest BCUT2D eigenvalue weighted by Crippen LogP contribution is -2.56. The molecule has 0 bridgehead atoms. The first-order chi connectivity index (χ1) is 16.1. The maximum absolute atomic E-state index is 13.2. The van der Waals surface area contributed by atoms with Crippen LogP contribution in [0.2, 0.25) is 0 Å². The van der Waals surface area contributed by atoms with E-state index in [1.54, 1.807) is 13.8 Å². The number of carboxylic acid groups (broad SMARTS) is 1. The van der Waals surface area contributed by atoms with Crippen molar-refractivity contribution in [1.29, 1.82) is 0 Å². The van der Waals surface area contributed by atoms with Crippen molar-refractivity contribution in [3.8, 4) is 11.1 Å². The predicted octanol–water partition coefficient (Wildman–Crippen LogP) is 4.26. The van der Waals surface area contributed by atoms with Crippen LogP contribution in [0.4, 0.5) is 4.79 Å². The first kappa shape index (κ1) is 23.8. The van der Waals surface area contributed by atoms with Crippen LogP contribution in [-0.4, -0.2) is 53.2 Å². The van der Waals surface area contributed by atoms with E-state index in [-0.39, 0.29) is 30.9 Å². The third kappa shape index (κ3) is 4.04. The number of carboxylic acids is 1. The molecule has 1 fully saturated rings. The number of likely N-dealkylation sites (tertiary alicyclic amines) is 1. The van der Waals surface area contributed by atoms with Gasteiger partial charge >= 0.3 is 12.1 Å². The van der Waals surface area contributed by atoms with Gasteiger partial charge in [-0.1, -0.05) is 62.4 Å². The number of fused-ring (bicyclic) bond motifs is 3. The van der Waals surface area contributed by atoms with Crippen LogP contribution in [0.1, 0.15) is 51.2 Å². The number of alkyl carbamates (subject to hydrolysis) is 1. The standard InChI is InChI=1S/C27H32N2O5/c1-17(2)27(24(31)32)13-14-29(16-27)23(30)26(3,4)28-25(33)34-15-22-20-11-7-5-9-18(20)19-10-6-8-12-21(19)22/h5-12,17,22H,13-16H2,1-4H3,(H,28,33)(H,31,32). The molecule has 1 atom stereocenters. The average Bonchev–Trinajstić information content (AvgIpc) is 3.38. The number of nitrogens with one attached hydrogen (secondary N) is 1.